The van der Waals surface area contributed by atoms with Crippen LogP contribution in [0.25, 0.3) is 22.2 Å². The Kier molecular flexibility index (Phi) is 8.39. The van der Waals surface area contributed by atoms with Gasteiger partial charge in [-0.1, -0.05) is 19.8 Å². The molecule has 0 aromatic carbocycles. The molecule has 0 bridgehead atoms. The molecule has 1 aliphatic rings. The molecule has 1 saturated heterocycles. The van der Waals surface area contributed by atoms with Crippen LogP contribution in [-0.4, -0.2) is 80.0 Å². The van der Waals surface area contributed by atoms with Gasteiger partial charge in [-0.2, -0.15) is 4.98 Å². The number of nitrogens with one attached hydrogen (secondary N) is 1. The Morgan fingerprint density at radius 2 is 1.85 bits per heavy atom. The first-order chi connectivity index (χ1) is 18.5. The monoisotopic (exact) mass is 536 g/mol. The molecule has 4 rings (SSSR count). The molecule has 0 saturated carbocycles. The van der Waals surface area contributed by atoms with E-state index in [0.29, 0.717) is 37.5 Å². The van der Waals surface area contributed by atoms with E-state index < -0.39 is 11.1 Å². The van der Waals surface area contributed by atoms with Crippen LogP contribution in [0.5, 0.6) is 0 Å². The number of pyridine rings is 2. The number of nitrogens with two attached hydrogens (primary N) is 1. The molecule has 11 nitrogen and oxygen atoms in total. The normalized spacial score (nSPS) is 15.7. The standard InChI is InChI=1S/C28H40N8O3/c1-6-7-10-28(5,18-37)34-24-20-17-30-21(15-22(20)32-25(29)33-24)19-8-9-23(31-16-19)35-11-13-36(14-12-35)26(38)39-27(2,3)4/h8-9,15-17,37H,6-7,10-14,18H2,1-5H3,(H3,29,32,33,34). The summed E-state index contributed by atoms with van der Waals surface area (Å²) in [6.07, 6.45) is 6.05. The molecule has 4 heterocycles. The second-order valence-corrected chi connectivity index (χ2v) is 11.3. The van der Waals surface area contributed by atoms with Crippen LogP contribution in [0.2, 0.25) is 0 Å². The third kappa shape index (κ3) is 7.03. The molecular formula is C28H40N8O3. The number of hydrogen-bond acceptors (Lipinski definition) is 10. The van der Waals surface area contributed by atoms with Crippen molar-refractivity contribution >= 4 is 34.6 Å². The maximum Gasteiger partial charge on any atom is 0.410 e. The first kappa shape index (κ1) is 28.3. The topological polar surface area (TPSA) is 143 Å². The Morgan fingerprint density at radius 1 is 1.10 bits per heavy atom. The lowest BCUT2D eigenvalue weighted by Gasteiger charge is -2.36. The summed E-state index contributed by atoms with van der Waals surface area (Å²) >= 11 is 0. The molecule has 0 aliphatic carbocycles. The van der Waals surface area contributed by atoms with Crippen LogP contribution in [0.15, 0.2) is 30.6 Å². The number of aromatic nitrogens is 4. The van der Waals surface area contributed by atoms with E-state index in [4.69, 9.17) is 10.5 Å². The van der Waals surface area contributed by atoms with Crippen molar-refractivity contribution in [1.29, 1.82) is 0 Å². The van der Waals surface area contributed by atoms with E-state index in [0.717, 1.165) is 41.7 Å². The first-order valence-corrected chi connectivity index (χ1v) is 13.5. The Bertz CT molecular complexity index is 1290. The molecule has 1 atom stereocenters. The molecule has 4 N–H and O–H groups in total. The zero-order valence-electron chi connectivity index (χ0n) is 23.6. The SMILES string of the molecule is CCCCC(C)(CO)Nc1nc(N)nc2cc(-c3ccc(N4CCN(C(=O)OC(C)(C)C)CC4)nc3)ncc12. The van der Waals surface area contributed by atoms with Crippen molar-refractivity contribution in [1.82, 2.24) is 24.8 Å². The summed E-state index contributed by atoms with van der Waals surface area (Å²) in [5.41, 5.74) is 7.23. The Hall–Kier alpha value is -3.73. The molecule has 1 unspecified atom stereocenters. The van der Waals surface area contributed by atoms with Crippen LogP contribution in [0.1, 0.15) is 53.9 Å². The number of fused-ring (bicyclic) bond motifs is 1. The number of amides is 1. The van der Waals surface area contributed by atoms with E-state index in [1.54, 1.807) is 17.3 Å². The van der Waals surface area contributed by atoms with Crippen molar-refractivity contribution in [2.24, 2.45) is 0 Å². The van der Waals surface area contributed by atoms with Crippen molar-refractivity contribution in [2.45, 2.75) is 65.0 Å². The Balaban J connectivity index is 1.48. The number of ether oxygens (including phenoxy) is 1. The van der Waals surface area contributed by atoms with Crippen molar-refractivity contribution < 1.29 is 14.6 Å². The summed E-state index contributed by atoms with van der Waals surface area (Å²) in [4.78, 5) is 34.4. The number of aliphatic hydroxyl groups is 1. The van der Waals surface area contributed by atoms with Gasteiger partial charge in [-0.3, -0.25) is 4.98 Å². The van der Waals surface area contributed by atoms with E-state index in [1.807, 2.05) is 45.9 Å². The molecule has 210 valence electrons. The number of unbranched alkanes of at least 4 members (excludes halogenated alkanes) is 1. The molecule has 3 aromatic rings. The van der Waals surface area contributed by atoms with Crippen molar-refractivity contribution in [3.05, 3.63) is 30.6 Å². The van der Waals surface area contributed by atoms with Crippen LogP contribution in [0, 0.1) is 0 Å². The Morgan fingerprint density at radius 3 is 2.46 bits per heavy atom. The quantitative estimate of drug-likeness (QED) is 0.385. The number of carbonyl (C=O) groups excluding carboxylic acids is 1. The second kappa shape index (κ2) is 11.6. The minimum absolute atomic E-state index is 0.0298. The lowest BCUT2D eigenvalue weighted by molar-refractivity contribution is 0.0240. The Labute approximate surface area is 229 Å². The average molecular weight is 537 g/mol. The van der Waals surface area contributed by atoms with Gasteiger partial charge < -0.3 is 30.7 Å². The summed E-state index contributed by atoms with van der Waals surface area (Å²) in [6, 6.07) is 5.82. The molecule has 1 amide bonds. The maximum absolute atomic E-state index is 12.3. The molecule has 39 heavy (non-hydrogen) atoms. The first-order valence-electron chi connectivity index (χ1n) is 13.5. The minimum Gasteiger partial charge on any atom is -0.444 e. The van der Waals surface area contributed by atoms with Gasteiger partial charge in [0, 0.05) is 44.1 Å². The van der Waals surface area contributed by atoms with Gasteiger partial charge in [-0.05, 0) is 52.3 Å². The molecule has 0 spiro atoms. The van der Waals surface area contributed by atoms with Crippen LogP contribution in [0.3, 0.4) is 0 Å². The molecule has 1 aliphatic heterocycles. The maximum atomic E-state index is 12.3. The fraction of sp³-hybridized carbons (Fsp3) is 0.536. The minimum atomic E-state index is -0.527. The van der Waals surface area contributed by atoms with Crippen LogP contribution >= 0.6 is 0 Å². The molecule has 1 fully saturated rings. The third-order valence-electron chi connectivity index (χ3n) is 6.75. The highest BCUT2D eigenvalue weighted by Crippen LogP contribution is 2.29. The summed E-state index contributed by atoms with van der Waals surface area (Å²) in [6.45, 7) is 12.2. The van der Waals surface area contributed by atoms with Crippen molar-refractivity contribution in [3.63, 3.8) is 0 Å². The van der Waals surface area contributed by atoms with Gasteiger partial charge in [0.15, 0.2) is 0 Å². The lowest BCUT2D eigenvalue weighted by Crippen LogP contribution is -2.50. The van der Waals surface area contributed by atoms with Gasteiger partial charge in [0.1, 0.15) is 17.2 Å². The summed E-state index contributed by atoms with van der Waals surface area (Å²) < 4.78 is 5.49. The number of hydrogen-bond donors (Lipinski definition) is 3. The number of piperazine rings is 1. The van der Waals surface area contributed by atoms with Crippen LogP contribution in [0.4, 0.5) is 22.4 Å². The van der Waals surface area contributed by atoms with Crippen LogP contribution < -0.4 is 16.0 Å². The fourth-order valence-electron chi connectivity index (χ4n) is 4.50. The van der Waals surface area contributed by atoms with Crippen molar-refractivity contribution in [3.8, 4) is 11.3 Å². The van der Waals surface area contributed by atoms with Gasteiger partial charge in [-0.15, -0.1) is 0 Å². The third-order valence-corrected chi connectivity index (χ3v) is 6.75. The van der Waals surface area contributed by atoms with Gasteiger partial charge in [-0.25, -0.2) is 14.8 Å². The van der Waals surface area contributed by atoms with Crippen LogP contribution in [-0.2, 0) is 4.74 Å². The number of nitrogen functional groups attached to an aromatic ring is 1. The highest BCUT2D eigenvalue weighted by atomic mass is 16.6. The molecule has 11 heteroatoms. The predicted octanol–water partition coefficient (Wildman–Crippen LogP) is 4.08. The van der Waals surface area contributed by atoms with Gasteiger partial charge in [0.05, 0.1) is 28.7 Å². The largest absolute Gasteiger partial charge is 0.444 e. The number of rotatable bonds is 8. The molecule has 3 aromatic heterocycles. The van der Waals surface area contributed by atoms with Gasteiger partial charge >= 0.3 is 6.09 Å². The predicted molar refractivity (Wildman–Crippen MR) is 154 cm³/mol. The summed E-state index contributed by atoms with van der Waals surface area (Å²) in [7, 11) is 0. The zero-order valence-corrected chi connectivity index (χ0v) is 23.6. The zero-order chi connectivity index (χ0) is 28.2. The average Bonchev–Trinajstić information content (AvgIpc) is 2.91. The summed E-state index contributed by atoms with van der Waals surface area (Å²) in [5.74, 6) is 1.55. The lowest BCUT2D eigenvalue weighted by atomic mass is 9.95. The second-order valence-electron chi connectivity index (χ2n) is 11.3. The fourth-order valence-corrected chi connectivity index (χ4v) is 4.50. The highest BCUT2D eigenvalue weighted by Gasteiger charge is 2.27. The van der Waals surface area contributed by atoms with Gasteiger partial charge in [0.25, 0.3) is 0 Å². The number of aliphatic hydroxyl groups excluding tert-OH is 1. The van der Waals surface area contributed by atoms with Crippen molar-refractivity contribution in [2.75, 3.05) is 48.7 Å². The molecular weight excluding hydrogens is 496 g/mol. The van der Waals surface area contributed by atoms with Gasteiger partial charge in [0.2, 0.25) is 5.95 Å². The smallest absolute Gasteiger partial charge is 0.410 e. The molecule has 0 radical (unpaired) electrons. The van der Waals surface area contributed by atoms with E-state index in [2.05, 4.69) is 37.1 Å². The van der Waals surface area contributed by atoms with E-state index in [1.165, 1.54) is 0 Å². The highest BCUT2D eigenvalue weighted by molar-refractivity contribution is 5.91. The van der Waals surface area contributed by atoms with E-state index in [9.17, 15) is 9.90 Å². The number of anilines is 3. The number of nitrogens with zero attached hydrogens (tertiary/aromatic N) is 6. The van der Waals surface area contributed by atoms with E-state index in [-0.39, 0.29) is 18.6 Å². The van der Waals surface area contributed by atoms with E-state index >= 15 is 0 Å². The summed E-state index contributed by atoms with van der Waals surface area (Å²) in [5, 5.41) is 14.1. The number of carbonyl (C=O) groups is 1.